The van der Waals surface area contributed by atoms with Crippen LogP contribution >= 0.6 is 0 Å². The van der Waals surface area contributed by atoms with Crippen LogP contribution in [0.1, 0.15) is 29.9 Å². The lowest BCUT2D eigenvalue weighted by Crippen LogP contribution is -2.18. The quantitative estimate of drug-likeness (QED) is 0.651. The summed E-state index contributed by atoms with van der Waals surface area (Å²) in [6.45, 7) is 4.07. The third-order valence-electron chi connectivity index (χ3n) is 3.65. The molecule has 1 aliphatic rings. The fourth-order valence-electron chi connectivity index (χ4n) is 2.65. The highest BCUT2D eigenvalue weighted by atomic mass is 28.3. The normalized spacial score (nSPS) is 25.8. The molecule has 0 bridgehead atoms. The van der Waals surface area contributed by atoms with Gasteiger partial charge in [-0.1, -0.05) is 18.6 Å². The van der Waals surface area contributed by atoms with E-state index in [0.717, 1.165) is 12.8 Å². The molecule has 0 unspecified atom stereocenters. The molecule has 0 N–H and O–H groups in total. The molecule has 1 heterocycles. The van der Waals surface area contributed by atoms with Crippen molar-refractivity contribution in [2.24, 2.45) is 0 Å². The van der Waals surface area contributed by atoms with Gasteiger partial charge in [-0.3, -0.25) is 0 Å². The van der Waals surface area contributed by atoms with E-state index in [0.29, 0.717) is 11.1 Å². The number of hydrogen-bond donors (Lipinski definition) is 0. The van der Waals surface area contributed by atoms with Crippen molar-refractivity contribution in [3.05, 3.63) is 34.9 Å². The third kappa shape index (κ3) is 2.34. The Bertz CT molecular complexity index is 359. The number of benzene rings is 1. The van der Waals surface area contributed by atoms with Gasteiger partial charge in [0.25, 0.3) is 0 Å². The largest absolute Gasteiger partial charge is 0.207 e. The van der Waals surface area contributed by atoms with Crippen LogP contribution in [-0.2, 0) is 0 Å². The molecule has 0 aromatic heterocycles. The van der Waals surface area contributed by atoms with E-state index in [1.165, 1.54) is 24.2 Å². The van der Waals surface area contributed by atoms with Gasteiger partial charge >= 0.3 is 0 Å². The fraction of sp³-hybridized carbons (Fsp3) is 0.538. The smallest absolute Gasteiger partial charge is 0.129 e. The van der Waals surface area contributed by atoms with Gasteiger partial charge in [0.05, 0.1) is 0 Å². The predicted molar refractivity (Wildman–Crippen MR) is 65.7 cm³/mol. The van der Waals surface area contributed by atoms with Gasteiger partial charge in [-0.25, -0.2) is 8.78 Å². The van der Waals surface area contributed by atoms with Crippen LogP contribution in [-0.4, -0.2) is 8.80 Å². The van der Waals surface area contributed by atoms with E-state index in [4.69, 9.17) is 0 Å². The van der Waals surface area contributed by atoms with Crippen LogP contribution in [0.25, 0.3) is 0 Å². The lowest BCUT2D eigenvalue weighted by Gasteiger charge is -2.26. The van der Waals surface area contributed by atoms with Gasteiger partial charge in [0.1, 0.15) is 11.6 Å². The fourth-order valence-corrected chi connectivity index (χ4v) is 4.88. The Labute approximate surface area is 97.3 Å². The van der Waals surface area contributed by atoms with Crippen LogP contribution in [0.2, 0.25) is 18.6 Å². The molecule has 1 aliphatic heterocycles. The first kappa shape index (κ1) is 11.8. The van der Waals surface area contributed by atoms with Crippen LogP contribution in [0.3, 0.4) is 0 Å². The molecule has 0 atom stereocenters. The van der Waals surface area contributed by atoms with E-state index in [1.54, 1.807) is 6.92 Å². The maximum Gasteiger partial charge on any atom is 0.129 e. The van der Waals surface area contributed by atoms with Crippen molar-refractivity contribution in [2.75, 3.05) is 0 Å². The van der Waals surface area contributed by atoms with Gasteiger partial charge < -0.3 is 0 Å². The second kappa shape index (κ2) is 4.66. The minimum absolute atomic E-state index is 0.115. The highest BCUT2D eigenvalue weighted by Gasteiger charge is 2.25. The zero-order valence-electron chi connectivity index (χ0n) is 9.89. The van der Waals surface area contributed by atoms with Crippen LogP contribution in [0.5, 0.6) is 0 Å². The van der Waals surface area contributed by atoms with Crippen molar-refractivity contribution in [3.8, 4) is 0 Å². The Kier molecular flexibility index (Phi) is 3.43. The Balaban J connectivity index is 2.26. The Morgan fingerprint density at radius 2 is 1.62 bits per heavy atom. The summed E-state index contributed by atoms with van der Waals surface area (Å²) in [5.41, 5.74) is 1.00. The molecule has 2 rings (SSSR count). The first-order valence-corrected chi connectivity index (χ1v) is 8.82. The van der Waals surface area contributed by atoms with E-state index in [9.17, 15) is 8.78 Å². The summed E-state index contributed by atoms with van der Waals surface area (Å²) in [7, 11) is -0.543. The highest BCUT2D eigenvalue weighted by Crippen LogP contribution is 2.36. The van der Waals surface area contributed by atoms with Crippen molar-refractivity contribution >= 4 is 8.80 Å². The zero-order valence-corrected chi connectivity index (χ0v) is 11.0. The zero-order chi connectivity index (χ0) is 11.7. The van der Waals surface area contributed by atoms with Gasteiger partial charge in [-0.2, -0.15) is 0 Å². The maximum absolute atomic E-state index is 13.8. The SMILES string of the molecule is Cc1cc(F)c(C2CC[SiH](C)CC2)c(F)c1. The predicted octanol–water partition coefficient (Wildman–Crippen LogP) is 4.01. The first-order valence-electron chi connectivity index (χ1n) is 6.03. The second-order valence-corrected chi connectivity index (χ2v) is 8.46. The molecule has 0 nitrogen and oxygen atoms in total. The first-order chi connectivity index (χ1) is 7.58. The van der Waals surface area contributed by atoms with Crippen LogP contribution in [0.4, 0.5) is 8.78 Å². The molecule has 3 heteroatoms. The average Bonchev–Trinajstić information content (AvgIpc) is 2.19. The molecular weight excluding hydrogens is 222 g/mol. The van der Waals surface area contributed by atoms with Gasteiger partial charge in [-0.15, -0.1) is 0 Å². The summed E-state index contributed by atoms with van der Waals surface area (Å²) in [6, 6.07) is 5.34. The number of aryl methyl sites for hydroxylation is 1. The van der Waals surface area contributed by atoms with E-state index >= 15 is 0 Å². The summed E-state index contributed by atoms with van der Waals surface area (Å²) in [5.74, 6) is -0.582. The average molecular weight is 240 g/mol. The van der Waals surface area contributed by atoms with E-state index in [-0.39, 0.29) is 17.6 Å². The van der Waals surface area contributed by atoms with E-state index in [1.807, 2.05) is 0 Å². The van der Waals surface area contributed by atoms with Crippen LogP contribution in [0.15, 0.2) is 12.1 Å². The lowest BCUT2D eigenvalue weighted by atomic mass is 9.91. The van der Waals surface area contributed by atoms with Crippen LogP contribution in [0, 0.1) is 18.6 Å². The molecule has 1 fully saturated rings. The van der Waals surface area contributed by atoms with Gasteiger partial charge in [-0.05, 0) is 43.4 Å². The molecule has 0 amide bonds. The molecule has 0 spiro atoms. The van der Waals surface area contributed by atoms with Crippen LogP contribution < -0.4 is 0 Å². The summed E-state index contributed by atoms with van der Waals surface area (Å²) >= 11 is 0. The topological polar surface area (TPSA) is 0 Å². The van der Waals surface area contributed by atoms with E-state index < -0.39 is 8.80 Å². The Morgan fingerprint density at radius 3 is 2.12 bits per heavy atom. The summed E-state index contributed by atoms with van der Waals surface area (Å²) in [4.78, 5) is 0. The monoisotopic (exact) mass is 240 g/mol. The summed E-state index contributed by atoms with van der Waals surface area (Å²) in [5, 5.41) is 0. The molecule has 0 radical (unpaired) electrons. The van der Waals surface area contributed by atoms with Gasteiger partial charge in [0.15, 0.2) is 0 Å². The highest BCUT2D eigenvalue weighted by molar-refractivity contribution is 6.57. The molecule has 0 saturated carbocycles. The van der Waals surface area contributed by atoms with Gasteiger partial charge in [0.2, 0.25) is 0 Å². The molecule has 88 valence electrons. The minimum Gasteiger partial charge on any atom is -0.207 e. The van der Waals surface area contributed by atoms with Crippen molar-refractivity contribution in [2.45, 2.75) is 44.3 Å². The third-order valence-corrected chi connectivity index (χ3v) is 6.29. The number of hydrogen-bond acceptors (Lipinski definition) is 0. The van der Waals surface area contributed by atoms with Gasteiger partial charge in [0, 0.05) is 14.4 Å². The molecule has 1 aromatic rings. The number of halogens is 2. The molecule has 1 aromatic carbocycles. The van der Waals surface area contributed by atoms with Crippen molar-refractivity contribution in [3.63, 3.8) is 0 Å². The van der Waals surface area contributed by atoms with Crippen molar-refractivity contribution in [1.29, 1.82) is 0 Å². The molecule has 1 saturated heterocycles. The Hall–Kier alpha value is -0.703. The Morgan fingerprint density at radius 1 is 1.12 bits per heavy atom. The summed E-state index contributed by atoms with van der Waals surface area (Å²) in [6.07, 6.45) is 1.95. The summed E-state index contributed by atoms with van der Waals surface area (Å²) < 4.78 is 27.5. The lowest BCUT2D eigenvalue weighted by molar-refractivity contribution is 0.497. The minimum atomic E-state index is -0.543. The maximum atomic E-state index is 13.8. The molecular formula is C13H18F2Si. The molecule has 0 aliphatic carbocycles. The molecule has 16 heavy (non-hydrogen) atoms. The second-order valence-electron chi connectivity index (χ2n) is 5.10. The standard InChI is InChI=1S/C13H18F2Si/c1-9-7-11(14)13(12(15)8-9)10-3-5-16(2)6-4-10/h7-8,10,16H,3-6H2,1-2H3. The number of rotatable bonds is 1. The van der Waals surface area contributed by atoms with Crippen molar-refractivity contribution in [1.82, 2.24) is 0 Å². The van der Waals surface area contributed by atoms with Crippen molar-refractivity contribution < 1.29 is 8.78 Å². The van der Waals surface area contributed by atoms with E-state index in [2.05, 4.69) is 6.55 Å².